The molecule has 0 radical (unpaired) electrons. The van der Waals surface area contributed by atoms with Crippen LogP contribution in [0.2, 0.25) is 0 Å². The van der Waals surface area contributed by atoms with Crippen molar-refractivity contribution in [1.82, 2.24) is 14.3 Å². The molecule has 0 aliphatic carbocycles. The summed E-state index contributed by atoms with van der Waals surface area (Å²) < 4.78 is 27.3. The van der Waals surface area contributed by atoms with Gasteiger partial charge in [0.2, 0.25) is 10.0 Å². The molecule has 0 amide bonds. The first kappa shape index (κ1) is 19.8. The van der Waals surface area contributed by atoms with Crippen LogP contribution in [0.1, 0.15) is 37.1 Å². The summed E-state index contributed by atoms with van der Waals surface area (Å²) in [5.41, 5.74) is 1.56. The summed E-state index contributed by atoms with van der Waals surface area (Å²) in [6.45, 7) is 1.20. The van der Waals surface area contributed by atoms with E-state index in [0.29, 0.717) is 47.6 Å². The molecule has 0 bridgehead atoms. The zero-order valence-electron chi connectivity index (χ0n) is 16.3. The van der Waals surface area contributed by atoms with E-state index >= 15 is 0 Å². The average molecular weight is 412 g/mol. The SMILES string of the molecule is O=c1[nH]c(CCc2ccc(S(=O)(=O)N3CCCCCC3)cc2)nc2ccccc12. The van der Waals surface area contributed by atoms with Crippen LogP contribution in [0.15, 0.2) is 58.2 Å². The first-order chi connectivity index (χ1) is 14.0. The monoisotopic (exact) mass is 411 g/mol. The van der Waals surface area contributed by atoms with Crippen LogP contribution in [0.25, 0.3) is 10.9 Å². The highest BCUT2D eigenvalue weighted by molar-refractivity contribution is 7.89. The maximum atomic E-state index is 12.9. The minimum atomic E-state index is -3.43. The molecular formula is C22H25N3O3S. The van der Waals surface area contributed by atoms with Crippen LogP contribution in [-0.2, 0) is 22.9 Å². The zero-order chi connectivity index (χ0) is 20.3. The summed E-state index contributed by atoms with van der Waals surface area (Å²) in [5.74, 6) is 0.634. The van der Waals surface area contributed by atoms with Gasteiger partial charge in [0.15, 0.2) is 0 Å². The summed E-state index contributed by atoms with van der Waals surface area (Å²) in [6.07, 6.45) is 5.29. The molecule has 1 fully saturated rings. The fourth-order valence-corrected chi connectivity index (χ4v) is 5.29. The van der Waals surface area contributed by atoms with Gasteiger partial charge in [-0.25, -0.2) is 13.4 Å². The van der Waals surface area contributed by atoms with E-state index in [9.17, 15) is 13.2 Å². The Hall–Kier alpha value is -2.51. The van der Waals surface area contributed by atoms with Gasteiger partial charge in [-0.15, -0.1) is 0 Å². The van der Waals surface area contributed by atoms with Crippen LogP contribution in [0, 0.1) is 0 Å². The van der Waals surface area contributed by atoms with Gasteiger partial charge < -0.3 is 4.98 Å². The first-order valence-corrected chi connectivity index (χ1v) is 11.5. The van der Waals surface area contributed by atoms with E-state index in [0.717, 1.165) is 31.2 Å². The highest BCUT2D eigenvalue weighted by atomic mass is 32.2. The van der Waals surface area contributed by atoms with Gasteiger partial charge in [0.05, 0.1) is 15.8 Å². The topological polar surface area (TPSA) is 83.1 Å². The van der Waals surface area contributed by atoms with Crippen LogP contribution in [-0.4, -0.2) is 35.8 Å². The lowest BCUT2D eigenvalue weighted by molar-refractivity contribution is 0.423. The summed E-state index contributed by atoms with van der Waals surface area (Å²) >= 11 is 0. The lowest BCUT2D eigenvalue weighted by Gasteiger charge is -2.20. The van der Waals surface area contributed by atoms with Crippen molar-refractivity contribution >= 4 is 20.9 Å². The maximum absolute atomic E-state index is 12.9. The van der Waals surface area contributed by atoms with Gasteiger partial charge in [-0.1, -0.05) is 37.1 Å². The Morgan fingerprint density at radius 1 is 0.897 bits per heavy atom. The van der Waals surface area contributed by atoms with Crippen molar-refractivity contribution in [2.45, 2.75) is 43.4 Å². The fraction of sp³-hybridized carbons (Fsp3) is 0.364. The molecule has 7 heteroatoms. The van der Waals surface area contributed by atoms with E-state index in [1.807, 2.05) is 30.3 Å². The van der Waals surface area contributed by atoms with Gasteiger partial charge in [0, 0.05) is 19.5 Å². The Morgan fingerprint density at radius 3 is 2.31 bits per heavy atom. The highest BCUT2D eigenvalue weighted by Gasteiger charge is 2.24. The van der Waals surface area contributed by atoms with Gasteiger partial charge in [-0.05, 0) is 49.1 Å². The summed E-state index contributed by atoms with van der Waals surface area (Å²) in [6, 6.07) is 14.3. The number of aromatic amines is 1. The second kappa shape index (κ2) is 8.47. The molecule has 1 aliphatic rings. The number of rotatable bonds is 5. The smallest absolute Gasteiger partial charge is 0.258 e. The molecule has 2 aromatic carbocycles. The van der Waals surface area contributed by atoms with Crippen molar-refractivity contribution in [3.05, 3.63) is 70.3 Å². The van der Waals surface area contributed by atoms with Gasteiger partial charge in [-0.3, -0.25) is 4.79 Å². The standard InChI is InChI=1S/C22H25N3O3S/c26-22-19-7-3-4-8-20(19)23-21(24-22)14-11-17-9-12-18(13-10-17)29(27,28)25-15-5-1-2-6-16-25/h3-4,7-10,12-13H,1-2,5-6,11,14-16H2,(H,23,24,26). The van der Waals surface area contributed by atoms with Crippen LogP contribution in [0.5, 0.6) is 0 Å². The van der Waals surface area contributed by atoms with Gasteiger partial charge >= 0.3 is 0 Å². The Labute approximate surface area is 170 Å². The number of H-pyrrole nitrogens is 1. The molecule has 152 valence electrons. The fourth-order valence-electron chi connectivity index (χ4n) is 3.78. The summed E-state index contributed by atoms with van der Waals surface area (Å²) in [7, 11) is -3.43. The van der Waals surface area contributed by atoms with E-state index < -0.39 is 10.0 Å². The lowest BCUT2D eigenvalue weighted by Crippen LogP contribution is -2.31. The minimum Gasteiger partial charge on any atom is -0.310 e. The second-order valence-corrected chi connectivity index (χ2v) is 9.43. The molecule has 4 rings (SSSR count). The molecule has 6 nitrogen and oxygen atoms in total. The molecule has 2 heterocycles. The molecule has 0 spiro atoms. The number of hydrogen-bond acceptors (Lipinski definition) is 4. The average Bonchev–Trinajstić information content (AvgIpc) is 3.03. The molecule has 0 unspecified atom stereocenters. The van der Waals surface area contributed by atoms with E-state index in [2.05, 4.69) is 9.97 Å². The van der Waals surface area contributed by atoms with E-state index in [-0.39, 0.29) is 5.56 Å². The summed E-state index contributed by atoms with van der Waals surface area (Å²) in [4.78, 5) is 19.9. The Balaban J connectivity index is 1.46. The zero-order valence-corrected chi connectivity index (χ0v) is 17.1. The van der Waals surface area contributed by atoms with Crippen LogP contribution < -0.4 is 5.56 Å². The normalized spacial score (nSPS) is 16.0. The number of benzene rings is 2. The molecule has 0 saturated carbocycles. The van der Waals surface area contributed by atoms with Gasteiger partial charge in [0.25, 0.3) is 5.56 Å². The Morgan fingerprint density at radius 2 is 1.59 bits per heavy atom. The van der Waals surface area contributed by atoms with Crippen molar-refractivity contribution < 1.29 is 8.42 Å². The number of nitrogens with one attached hydrogen (secondary N) is 1. The van der Waals surface area contributed by atoms with Crippen molar-refractivity contribution in [3.63, 3.8) is 0 Å². The number of hydrogen-bond donors (Lipinski definition) is 1. The predicted molar refractivity (Wildman–Crippen MR) is 113 cm³/mol. The third-order valence-corrected chi connectivity index (χ3v) is 7.35. The Bertz CT molecular complexity index is 1150. The molecule has 1 aliphatic heterocycles. The minimum absolute atomic E-state index is 0.135. The van der Waals surface area contributed by atoms with Crippen molar-refractivity contribution in [2.24, 2.45) is 0 Å². The van der Waals surface area contributed by atoms with E-state index in [1.54, 1.807) is 22.5 Å². The quantitative estimate of drug-likeness (QED) is 0.698. The van der Waals surface area contributed by atoms with Crippen LogP contribution in [0.4, 0.5) is 0 Å². The molecule has 1 saturated heterocycles. The van der Waals surface area contributed by atoms with Gasteiger partial charge in [0.1, 0.15) is 5.82 Å². The predicted octanol–water partition coefficient (Wildman–Crippen LogP) is 3.27. The maximum Gasteiger partial charge on any atom is 0.258 e. The lowest BCUT2D eigenvalue weighted by atomic mass is 10.1. The molecule has 0 atom stereocenters. The number of aromatic nitrogens is 2. The van der Waals surface area contributed by atoms with Gasteiger partial charge in [-0.2, -0.15) is 4.31 Å². The van der Waals surface area contributed by atoms with Crippen molar-refractivity contribution in [2.75, 3.05) is 13.1 Å². The molecule has 3 aromatic rings. The van der Waals surface area contributed by atoms with Crippen LogP contribution >= 0.6 is 0 Å². The molecular weight excluding hydrogens is 386 g/mol. The van der Waals surface area contributed by atoms with Crippen molar-refractivity contribution in [1.29, 1.82) is 0 Å². The van der Waals surface area contributed by atoms with Crippen molar-refractivity contribution in [3.8, 4) is 0 Å². The first-order valence-electron chi connectivity index (χ1n) is 10.1. The second-order valence-electron chi connectivity index (χ2n) is 7.49. The molecule has 1 aromatic heterocycles. The number of para-hydroxylation sites is 1. The molecule has 1 N–H and O–H groups in total. The summed E-state index contributed by atoms with van der Waals surface area (Å²) in [5, 5.41) is 0.583. The van der Waals surface area contributed by atoms with E-state index in [4.69, 9.17) is 0 Å². The number of aryl methyl sites for hydroxylation is 2. The number of fused-ring (bicyclic) bond motifs is 1. The number of nitrogens with zero attached hydrogens (tertiary/aromatic N) is 2. The van der Waals surface area contributed by atoms with E-state index in [1.165, 1.54) is 0 Å². The number of sulfonamides is 1. The third-order valence-electron chi connectivity index (χ3n) is 5.44. The largest absolute Gasteiger partial charge is 0.310 e. The van der Waals surface area contributed by atoms with Crippen LogP contribution in [0.3, 0.4) is 0 Å². The highest BCUT2D eigenvalue weighted by Crippen LogP contribution is 2.21. The third kappa shape index (κ3) is 4.41. The Kier molecular flexibility index (Phi) is 5.78. The molecule has 29 heavy (non-hydrogen) atoms.